The van der Waals surface area contributed by atoms with Crippen molar-refractivity contribution >= 4 is 12.0 Å². The smallest absolute Gasteiger partial charge is 0.331 e. The van der Waals surface area contributed by atoms with Crippen LogP contribution in [0, 0.1) is 34.5 Å². The van der Waals surface area contributed by atoms with Crippen LogP contribution in [-0.4, -0.2) is 77.6 Å². The van der Waals surface area contributed by atoms with Crippen LogP contribution in [0.4, 0.5) is 4.79 Å². The Balaban J connectivity index is 1.15. The van der Waals surface area contributed by atoms with Gasteiger partial charge in [-0.3, -0.25) is 0 Å². The van der Waals surface area contributed by atoms with Gasteiger partial charge in [-0.15, -0.1) is 0 Å². The van der Waals surface area contributed by atoms with Crippen molar-refractivity contribution < 1.29 is 24.5 Å². The van der Waals surface area contributed by atoms with Gasteiger partial charge in [-0.1, -0.05) is 13.8 Å². The summed E-state index contributed by atoms with van der Waals surface area (Å²) in [5.74, 6) is 1.35. The molecule has 37 heavy (non-hydrogen) atoms. The number of piperazine rings is 1. The summed E-state index contributed by atoms with van der Waals surface area (Å²) in [6.07, 6.45) is 10.8. The molecule has 0 aromatic heterocycles. The fourth-order valence-corrected chi connectivity index (χ4v) is 9.99. The van der Waals surface area contributed by atoms with Crippen molar-refractivity contribution in [2.45, 2.75) is 89.3 Å². The molecule has 0 bridgehead atoms. The third kappa shape index (κ3) is 3.88. The van der Waals surface area contributed by atoms with Crippen LogP contribution in [0.2, 0.25) is 0 Å². The number of hydrogen-bond donors (Lipinski definition) is 4. The Bertz CT molecular complexity index is 971. The minimum Gasteiger partial charge on any atom is -0.458 e. The highest BCUT2D eigenvalue weighted by Crippen LogP contribution is 2.69. The average molecular weight is 516 g/mol. The first kappa shape index (κ1) is 25.6. The monoisotopic (exact) mass is 515 g/mol. The molecule has 0 unspecified atom stereocenters. The Labute approximate surface area is 220 Å². The molecule has 2 amide bonds. The highest BCUT2D eigenvalue weighted by Gasteiger charge is 2.67. The van der Waals surface area contributed by atoms with Crippen molar-refractivity contribution in [3.8, 4) is 0 Å². The van der Waals surface area contributed by atoms with Crippen LogP contribution in [0.15, 0.2) is 11.6 Å². The molecule has 0 aromatic carbocycles. The first-order valence-electron chi connectivity index (χ1n) is 14.7. The highest BCUT2D eigenvalue weighted by atomic mass is 16.5. The molecule has 4 aliphatic carbocycles. The maximum Gasteiger partial charge on any atom is 0.331 e. The van der Waals surface area contributed by atoms with E-state index < -0.39 is 5.60 Å². The van der Waals surface area contributed by atoms with E-state index in [-0.39, 0.29) is 47.4 Å². The van der Waals surface area contributed by atoms with Gasteiger partial charge in [0.05, 0.1) is 18.2 Å². The zero-order chi connectivity index (χ0) is 26.0. The van der Waals surface area contributed by atoms with E-state index in [0.717, 1.165) is 69.9 Å². The number of nitrogens with zero attached hydrogens (tertiary/aromatic N) is 1. The summed E-state index contributed by atoms with van der Waals surface area (Å²) in [5, 5.41) is 28.7. The second-order valence-corrected chi connectivity index (χ2v) is 13.4. The van der Waals surface area contributed by atoms with Crippen LogP contribution in [-0.2, 0) is 9.53 Å². The number of ether oxygens (including phenoxy) is 1. The van der Waals surface area contributed by atoms with Crippen LogP contribution in [0.25, 0.3) is 0 Å². The molecule has 2 aliphatic heterocycles. The normalized spacial score (nSPS) is 47.4. The molecule has 0 radical (unpaired) electrons. The van der Waals surface area contributed by atoms with Gasteiger partial charge in [-0.25, -0.2) is 9.59 Å². The minimum absolute atomic E-state index is 0.0157. The number of urea groups is 1. The van der Waals surface area contributed by atoms with Crippen molar-refractivity contribution in [1.29, 1.82) is 0 Å². The number of rotatable bonds is 3. The number of hydrogen-bond acceptors (Lipinski definition) is 6. The predicted molar refractivity (Wildman–Crippen MR) is 138 cm³/mol. The lowest BCUT2D eigenvalue weighted by Crippen LogP contribution is -2.63. The van der Waals surface area contributed by atoms with Gasteiger partial charge in [0.25, 0.3) is 0 Å². The molecule has 8 nitrogen and oxygen atoms in total. The first-order valence-corrected chi connectivity index (χ1v) is 14.7. The van der Waals surface area contributed by atoms with E-state index in [1.165, 1.54) is 0 Å². The second kappa shape index (κ2) is 9.23. The van der Waals surface area contributed by atoms with Gasteiger partial charge in [0.1, 0.15) is 6.61 Å². The number of fused-ring (bicyclic) bond motifs is 5. The largest absolute Gasteiger partial charge is 0.458 e. The third-order valence-electron chi connectivity index (χ3n) is 12.1. The molecule has 9 atom stereocenters. The van der Waals surface area contributed by atoms with Gasteiger partial charge >= 0.3 is 12.0 Å². The number of aliphatic hydroxyl groups is 2. The fraction of sp³-hybridized carbons (Fsp3) is 0.862. The molecule has 8 heteroatoms. The Hall–Kier alpha value is -1.64. The van der Waals surface area contributed by atoms with E-state index in [1.54, 1.807) is 11.0 Å². The molecule has 4 N–H and O–H groups in total. The lowest BCUT2D eigenvalue weighted by molar-refractivity contribution is -0.204. The number of aliphatic hydroxyl groups excluding tert-OH is 1. The SMILES string of the molecule is C[C@]12CC[C@H](NC(=O)N3CCNC[C@H]3CO)C[C@H]1CC[C@@H]1[C@@H]2CC[C@]2(C)[C@@H](C3=CC(=O)OC3)CC[C@]12O. The van der Waals surface area contributed by atoms with Crippen molar-refractivity contribution in [2.75, 3.05) is 32.8 Å². The summed E-state index contributed by atoms with van der Waals surface area (Å²) in [6, 6.07) is -0.0162. The van der Waals surface area contributed by atoms with Gasteiger partial charge in [-0.05, 0) is 92.4 Å². The summed E-state index contributed by atoms with van der Waals surface area (Å²) in [6.45, 7) is 7.16. The summed E-state index contributed by atoms with van der Waals surface area (Å²) in [4.78, 5) is 26.7. The molecule has 0 aromatic rings. The third-order valence-corrected chi connectivity index (χ3v) is 12.1. The maximum absolute atomic E-state index is 13.1. The van der Waals surface area contributed by atoms with E-state index in [4.69, 9.17) is 4.74 Å². The molecule has 4 saturated carbocycles. The molecule has 6 aliphatic rings. The van der Waals surface area contributed by atoms with Gasteiger partial charge in [0.15, 0.2) is 0 Å². The number of carbonyl (C=O) groups is 2. The average Bonchev–Trinajstić information content (AvgIpc) is 3.43. The number of carbonyl (C=O) groups excluding carboxylic acids is 2. The topological polar surface area (TPSA) is 111 Å². The van der Waals surface area contributed by atoms with Crippen LogP contribution < -0.4 is 10.6 Å². The van der Waals surface area contributed by atoms with Crippen molar-refractivity contribution in [1.82, 2.24) is 15.5 Å². The number of cyclic esters (lactones) is 1. The Kier molecular flexibility index (Phi) is 6.39. The molecule has 2 heterocycles. The Morgan fingerprint density at radius 3 is 2.76 bits per heavy atom. The van der Waals surface area contributed by atoms with Crippen molar-refractivity contribution in [2.24, 2.45) is 34.5 Å². The van der Waals surface area contributed by atoms with E-state index in [2.05, 4.69) is 24.5 Å². The quantitative estimate of drug-likeness (QED) is 0.430. The summed E-state index contributed by atoms with van der Waals surface area (Å²) >= 11 is 0. The zero-order valence-electron chi connectivity index (χ0n) is 22.5. The number of nitrogens with one attached hydrogen (secondary N) is 2. The van der Waals surface area contributed by atoms with Crippen LogP contribution in [0.5, 0.6) is 0 Å². The summed E-state index contributed by atoms with van der Waals surface area (Å²) < 4.78 is 5.26. The van der Waals surface area contributed by atoms with Gasteiger partial charge in [-0.2, -0.15) is 0 Å². The van der Waals surface area contributed by atoms with Crippen LogP contribution >= 0.6 is 0 Å². The van der Waals surface area contributed by atoms with E-state index in [0.29, 0.717) is 37.5 Å². The maximum atomic E-state index is 13.1. The van der Waals surface area contributed by atoms with Crippen LogP contribution in [0.3, 0.4) is 0 Å². The summed E-state index contributed by atoms with van der Waals surface area (Å²) in [5.41, 5.74) is 0.391. The van der Waals surface area contributed by atoms with Crippen molar-refractivity contribution in [3.05, 3.63) is 11.6 Å². The van der Waals surface area contributed by atoms with E-state index in [1.807, 2.05) is 0 Å². The van der Waals surface area contributed by atoms with Gasteiger partial charge in [0.2, 0.25) is 0 Å². The molecule has 1 saturated heterocycles. The van der Waals surface area contributed by atoms with Gasteiger partial charge < -0.3 is 30.5 Å². The highest BCUT2D eigenvalue weighted by molar-refractivity contribution is 5.85. The number of amides is 2. The standard InChI is InChI=1S/C29H45N3O5/c1-27-8-5-20(31-26(35)32-12-11-30-15-21(32)16-33)14-19(27)3-4-24-23(27)6-9-28(2)22(7-10-29(24,28)36)18-13-25(34)37-17-18/h13,19-24,30,33,36H,3-12,14-17H2,1-2H3,(H,31,35)/t19-,20+,21+,22-,23+,24-,27+,28-,29+/m1/s1. The predicted octanol–water partition coefficient (Wildman–Crippen LogP) is 2.59. The van der Waals surface area contributed by atoms with Crippen molar-refractivity contribution in [3.63, 3.8) is 0 Å². The second-order valence-electron chi connectivity index (χ2n) is 13.4. The van der Waals surface area contributed by atoms with Gasteiger partial charge in [0, 0.05) is 37.2 Å². The molecule has 206 valence electrons. The molecular formula is C29H45N3O5. The lowest BCUT2D eigenvalue weighted by Gasteiger charge is -2.64. The van der Waals surface area contributed by atoms with E-state index in [9.17, 15) is 19.8 Å². The van der Waals surface area contributed by atoms with E-state index >= 15 is 0 Å². The zero-order valence-corrected chi connectivity index (χ0v) is 22.5. The Morgan fingerprint density at radius 2 is 2.00 bits per heavy atom. The van der Waals surface area contributed by atoms with Crippen LogP contribution in [0.1, 0.15) is 71.6 Å². The molecule has 6 rings (SSSR count). The first-order chi connectivity index (χ1) is 17.7. The minimum atomic E-state index is -0.687. The molecule has 5 fully saturated rings. The Morgan fingerprint density at radius 1 is 1.16 bits per heavy atom. The fourth-order valence-electron chi connectivity index (χ4n) is 9.99. The molecule has 0 spiro atoms. The summed E-state index contributed by atoms with van der Waals surface area (Å²) in [7, 11) is 0. The number of esters is 1. The molecular weight excluding hydrogens is 470 g/mol. The lowest BCUT2D eigenvalue weighted by atomic mass is 9.43.